The monoisotopic (exact) mass is 394 g/mol. The first kappa shape index (κ1) is 17.8. The minimum absolute atomic E-state index is 0.102. The van der Waals surface area contributed by atoms with E-state index in [0.717, 1.165) is 61.9 Å². The second-order valence-corrected chi connectivity index (χ2v) is 10.0. The van der Waals surface area contributed by atoms with E-state index in [4.69, 9.17) is 0 Å². The number of amides is 1. The predicted molar refractivity (Wildman–Crippen MR) is 112 cm³/mol. The largest absolute Gasteiger partial charge is 0.390 e. The van der Waals surface area contributed by atoms with Gasteiger partial charge in [-0.3, -0.25) is 4.79 Å². The fourth-order valence-electron chi connectivity index (χ4n) is 6.98. The molecule has 6 heteroatoms. The molecular weight excluding hydrogens is 364 g/mol. The van der Waals surface area contributed by atoms with Crippen LogP contribution in [0.3, 0.4) is 0 Å². The Morgan fingerprint density at radius 1 is 1.17 bits per heavy atom. The van der Waals surface area contributed by atoms with E-state index in [0.29, 0.717) is 29.4 Å². The van der Waals surface area contributed by atoms with Gasteiger partial charge in [-0.25, -0.2) is 4.98 Å². The first-order valence-corrected chi connectivity index (χ1v) is 11.3. The average molecular weight is 395 g/mol. The Bertz CT molecular complexity index is 932. The highest BCUT2D eigenvalue weighted by molar-refractivity contribution is 6.06. The van der Waals surface area contributed by atoms with E-state index in [1.807, 2.05) is 17.2 Å². The van der Waals surface area contributed by atoms with Crippen LogP contribution in [0.4, 0.5) is 5.69 Å². The van der Waals surface area contributed by atoms with Crippen molar-refractivity contribution < 1.29 is 9.90 Å². The molecule has 5 aliphatic rings. The molecule has 2 aromatic rings. The molecule has 0 radical (unpaired) electrons. The number of aromatic amines is 1. The number of aromatic nitrogens is 2. The predicted octanol–water partition coefficient (Wildman–Crippen LogP) is 3.54. The summed E-state index contributed by atoms with van der Waals surface area (Å²) in [4.78, 5) is 23.1. The first-order chi connectivity index (χ1) is 14.1. The maximum Gasteiger partial charge on any atom is 0.257 e. The van der Waals surface area contributed by atoms with Gasteiger partial charge in [-0.1, -0.05) is 0 Å². The van der Waals surface area contributed by atoms with Crippen molar-refractivity contribution in [2.45, 2.75) is 63.0 Å². The number of fused-ring (bicyclic) bond motifs is 1. The van der Waals surface area contributed by atoms with Gasteiger partial charge in [0.05, 0.1) is 16.9 Å². The summed E-state index contributed by atoms with van der Waals surface area (Å²) in [6.45, 7) is 1.68. The smallest absolute Gasteiger partial charge is 0.257 e. The van der Waals surface area contributed by atoms with Crippen molar-refractivity contribution in [3.63, 3.8) is 0 Å². The number of pyridine rings is 1. The van der Waals surface area contributed by atoms with Crippen LogP contribution in [0, 0.1) is 17.8 Å². The normalized spacial score (nSPS) is 36.0. The molecule has 4 aliphatic carbocycles. The number of carbonyl (C=O) groups excluding carboxylic acids is 1. The van der Waals surface area contributed by atoms with Crippen molar-refractivity contribution in [1.29, 1.82) is 0 Å². The van der Waals surface area contributed by atoms with Crippen LogP contribution in [0.15, 0.2) is 18.5 Å². The summed E-state index contributed by atoms with van der Waals surface area (Å²) in [6.07, 6.45) is 12.2. The Labute approximate surface area is 171 Å². The van der Waals surface area contributed by atoms with Crippen LogP contribution in [0.25, 0.3) is 11.0 Å². The second kappa shape index (κ2) is 6.46. The fraction of sp³-hybridized carbons (Fsp3) is 0.652. The molecule has 4 bridgehead atoms. The molecule has 1 amide bonds. The molecule has 154 valence electrons. The van der Waals surface area contributed by atoms with Gasteiger partial charge in [0.15, 0.2) is 0 Å². The van der Waals surface area contributed by atoms with E-state index >= 15 is 0 Å². The SMILES string of the molecule is O=C(c1cnc2[nH]ccc2c1NC1[C@@H]2CC3C[C@H]1CC(O)(C3)C2)N1CCCCC1. The van der Waals surface area contributed by atoms with Crippen LogP contribution >= 0.6 is 0 Å². The molecule has 7 rings (SSSR count). The van der Waals surface area contributed by atoms with Crippen LogP contribution in [-0.2, 0) is 0 Å². The van der Waals surface area contributed by atoms with E-state index in [2.05, 4.69) is 15.3 Å². The summed E-state index contributed by atoms with van der Waals surface area (Å²) in [6, 6.07) is 2.36. The molecule has 2 aromatic heterocycles. The van der Waals surface area contributed by atoms with Crippen molar-refractivity contribution >= 4 is 22.6 Å². The second-order valence-electron chi connectivity index (χ2n) is 10.0. The van der Waals surface area contributed by atoms with Gasteiger partial charge in [0.1, 0.15) is 5.65 Å². The average Bonchev–Trinajstić information content (AvgIpc) is 3.19. The minimum atomic E-state index is -0.442. The van der Waals surface area contributed by atoms with Gasteiger partial charge in [0.25, 0.3) is 5.91 Å². The number of nitrogens with zero attached hydrogens (tertiary/aromatic N) is 2. The lowest BCUT2D eigenvalue weighted by molar-refractivity contribution is -0.129. The molecule has 5 fully saturated rings. The van der Waals surface area contributed by atoms with Crippen LogP contribution in [0.2, 0.25) is 0 Å². The number of hydrogen-bond donors (Lipinski definition) is 3. The van der Waals surface area contributed by atoms with Gasteiger partial charge in [0.2, 0.25) is 0 Å². The number of H-pyrrole nitrogens is 1. The highest BCUT2D eigenvalue weighted by atomic mass is 16.3. The van der Waals surface area contributed by atoms with Crippen molar-refractivity contribution in [3.05, 3.63) is 24.0 Å². The third-order valence-corrected chi connectivity index (χ3v) is 8.01. The number of nitrogens with one attached hydrogen (secondary N) is 2. The number of aliphatic hydroxyl groups is 1. The van der Waals surface area contributed by atoms with Crippen molar-refractivity contribution in [1.82, 2.24) is 14.9 Å². The zero-order valence-electron chi connectivity index (χ0n) is 16.9. The Kier molecular flexibility index (Phi) is 3.95. The summed E-state index contributed by atoms with van der Waals surface area (Å²) in [5.41, 5.74) is 2.02. The van der Waals surface area contributed by atoms with Crippen molar-refractivity contribution in [2.24, 2.45) is 17.8 Å². The van der Waals surface area contributed by atoms with Crippen LogP contribution < -0.4 is 5.32 Å². The lowest BCUT2D eigenvalue weighted by Gasteiger charge is -2.58. The van der Waals surface area contributed by atoms with Gasteiger partial charge in [0, 0.05) is 36.9 Å². The van der Waals surface area contributed by atoms with E-state index in [9.17, 15) is 9.90 Å². The summed E-state index contributed by atoms with van der Waals surface area (Å²) in [5.74, 6) is 1.76. The van der Waals surface area contributed by atoms with Crippen LogP contribution in [0.5, 0.6) is 0 Å². The fourth-order valence-corrected chi connectivity index (χ4v) is 6.98. The van der Waals surface area contributed by atoms with E-state index in [1.54, 1.807) is 6.20 Å². The Balaban J connectivity index is 1.36. The quantitative estimate of drug-likeness (QED) is 0.744. The maximum atomic E-state index is 13.4. The molecule has 1 saturated heterocycles. The molecule has 3 N–H and O–H groups in total. The van der Waals surface area contributed by atoms with E-state index in [1.165, 1.54) is 19.3 Å². The summed E-state index contributed by atoms with van der Waals surface area (Å²) >= 11 is 0. The number of carbonyl (C=O) groups is 1. The minimum Gasteiger partial charge on any atom is -0.390 e. The molecule has 5 atom stereocenters. The molecular formula is C23H30N4O2. The highest BCUT2D eigenvalue weighted by Crippen LogP contribution is 2.56. The molecule has 1 aliphatic heterocycles. The number of anilines is 1. The van der Waals surface area contributed by atoms with Gasteiger partial charge in [-0.05, 0) is 75.2 Å². The molecule has 4 saturated carbocycles. The summed E-state index contributed by atoms with van der Waals surface area (Å²) < 4.78 is 0. The molecule has 6 nitrogen and oxygen atoms in total. The third kappa shape index (κ3) is 2.87. The Hall–Kier alpha value is -2.08. The number of piperidine rings is 1. The highest BCUT2D eigenvalue weighted by Gasteiger charge is 2.54. The van der Waals surface area contributed by atoms with Gasteiger partial charge >= 0.3 is 0 Å². The lowest BCUT2D eigenvalue weighted by Crippen LogP contribution is -2.59. The molecule has 0 aromatic carbocycles. The third-order valence-electron chi connectivity index (χ3n) is 8.01. The molecule has 0 spiro atoms. The number of rotatable bonds is 3. The van der Waals surface area contributed by atoms with Gasteiger partial charge in [-0.15, -0.1) is 0 Å². The van der Waals surface area contributed by atoms with Crippen molar-refractivity contribution in [2.75, 3.05) is 18.4 Å². The van der Waals surface area contributed by atoms with Gasteiger partial charge in [-0.2, -0.15) is 0 Å². The summed E-state index contributed by atoms with van der Waals surface area (Å²) in [5, 5.41) is 15.8. The van der Waals surface area contributed by atoms with E-state index < -0.39 is 5.60 Å². The van der Waals surface area contributed by atoms with Crippen LogP contribution in [-0.4, -0.2) is 50.6 Å². The maximum absolute atomic E-state index is 13.4. The number of likely N-dealkylation sites (tertiary alicyclic amines) is 1. The Morgan fingerprint density at radius 3 is 2.66 bits per heavy atom. The first-order valence-electron chi connectivity index (χ1n) is 11.3. The lowest BCUT2D eigenvalue weighted by atomic mass is 9.52. The molecule has 3 heterocycles. The standard InChI is InChI=1S/C23H30N4O2/c28-22(27-6-2-1-3-7-27)18-13-25-21-17(4-5-24-21)20(18)26-19-15-8-14-9-16(19)12-23(29,10-14)11-15/h4-5,13-16,19,29H,1-3,6-12H2,(H2,24,25,26)/t14?,15-,16+,19?,23?. The molecule has 3 unspecified atom stereocenters. The molecule has 29 heavy (non-hydrogen) atoms. The zero-order valence-corrected chi connectivity index (χ0v) is 16.9. The van der Waals surface area contributed by atoms with Crippen LogP contribution in [0.1, 0.15) is 61.7 Å². The topological polar surface area (TPSA) is 81.2 Å². The zero-order chi connectivity index (χ0) is 19.6. The van der Waals surface area contributed by atoms with Crippen molar-refractivity contribution in [3.8, 4) is 0 Å². The van der Waals surface area contributed by atoms with Gasteiger partial charge < -0.3 is 20.3 Å². The number of hydrogen-bond acceptors (Lipinski definition) is 4. The Morgan fingerprint density at radius 2 is 1.93 bits per heavy atom. The summed E-state index contributed by atoms with van der Waals surface area (Å²) in [7, 11) is 0. The van der Waals surface area contributed by atoms with E-state index in [-0.39, 0.29) is 5.91 Å².